The Labute approximate surface area is 54.9 Å². The van der Waals surface area contributed by atoms with E-state index in [1.165, 1.54) is 0 Å². The van der Waals surface area contributed by atoms with Crippen LogP contribution in [0.15, 0.2) is 0 Å². The Balaban J connectivity index is 2.28. The lowest BCUT2D eigenvalue weighted by molar-refractivity contribution is 0.0839. The minimum Gasteiger partial charge on any atom is -0.376 e. The van der Waals surface area contributed by atoms with Gasteiger partial charge in [-0.2, -0.15) is 0 Å². The van der Waals surface area contributed by atoms with E-state index in [1.807, 2.05) is 6.92 Å². The Bertz CT molecular complexity index is 170. The van der Waals surface area contributed by atoms with Crippen LogP contribution in [0.4, 0.5) is 0 Å². The molecular weight excluding hydrogens is 140 g/mol. The molecule has 1 rings (SSSR count). The normalized spacial score (nSPS) is 25.4. The summed E-state index contributed by atoms with van der Waals surface area (Å²) < 4.78 is 26.0. The third kappa shape index (κ3) is 1.66. The summed E-state index contributed by atoms with van der Waals surface area (Å²) in [5.74, 6) is 0.446. The van der Waals surface area contributed by atoms with Gasteiger partial charge in [0.25, 0.3) is 0 Å². The first-order chi connectivity index (χ1) is 4.14. The highest BCUT2D eigenvalue weighted by molar-refractivity contribution is 7.92. The van der Waals surface area contributed by atoms with Crippen molar-refractivity contribution in [2.24, 2.45) is 0 Å². The number of hydrogen-bond acceptors (Lipinski definition) is 3. The zero-order valence-corrected chi connectivity index (χ0v) is 6.15. The van der Waals surface area contributed by atoms with Gasteiger partial charge in [0.05, 0.1) is 17.6 Å². The summed E-state index contributed by atoms with van der Waals surface area (Å²) >= 11 is 0. The fourth-order valence-electron chi connectivity index (χ4n) is 0.850. The van der Waals surface area contributed by atoms with E-state index in [1.54, 1.807) is 0 Å². The van der Waals surface area contributed by atoms with E-state index < -0.39 is 9.84 Å². The maximum atomic E-state index is 10.5. The zero-order chi connectivity index (χ0) is 6.91. The molecule has 0 spiro atoms. The van der Waals surface area contributed by atoms with Crippen LogP contribution in [0.3, 0.4) is 0 Å². The van der Waals surface area contributed by atoms with Crippen LogP contribution in [0, 0.1) is 0 Å². The highest BCUT2D eigenvalue weighted by Gasteiger charge is 2.33. The van der Waals surface area contributed by atoms with Crippen molar-refractivity contribution in [1.29, 1.82) is 0 Å². The number of hydrogen-bond donors (Lipinski definition) is 0. The summed E-state index contributed by atoms with van der Waals surface area (Å²) in [5.41, 5.74) is 0. The molecule has 0 aromatic rings. The van der Waals surface area contributed by atoms with E-state index in [0.717, 1.165) is 0 Å². The monoisotopic (exact) mass is 150 g/mol. The van der Waals surface area contributed by atoms with Crippen molar-refractivity contribution in [3.05, 3.63) is 0 Å². The zero-order valence-electron chi connectivity index (χ0n) is 5.33. The van der Waals surface area contributed by atoms with Crippen molar-refractivity contribution in [2.75, 3.05) is 18.1 Å². The van der Waals surface area contributed by atoms with E-state index >= 15 is 0 Å². The third-order valence-corrected chi connectivity index (χ3v) is 3.04. The molecule has 0 saturated carbocycles. The molecule has 9 heavy (non-hydrogen) atoms. The van der Waals surface area contributed by atoms with Crippen LogP contribution >= 0.6 is 0 Å². The van der Waals surface area contributed by atoms with Crippen molar-refractivity contribution in [3.63, 3.8) is 0 Å². The van der Waals surface area contributed by atoms with Gasteiger partial charge in [-0.05, 0) is 6.92 Å². The van der Waals surface area contributed by atoms with E-state index in [2.05, 4.69) is 0 Å². The lowest BCUT2D eigenvalue weighted by Gasteiger charge is -2.24. The molecule has 0 N–H and O–H groups in total. The molecule has 3 nitrogen and oxygen atoms in total. The van der Waals surface area contributed by atoms with Gasteiger partial charge < -0.3 is 4.74 Å². The smallest absolute Gasteiger partial charge is 0.155 e. The maximum Gasteiger partial charge on any atom is 0.155 e. The summed E-state index contributed by atoms with van der Waals surface area (Å²) in [4.78, 5) is 0. The predicted octanol–water partition coefficient (Wildman–Crippen LogP) is -0.180. The summed E-state index contributed by atoms with van der Waals surface area (Å²) in [6.07, 6.45) is -0.0139. The second-order valence-corrected chi connectivity index (χ2v) is 4.31. The van der Waals surface area contributed by atoms with Crippen LogP contribution in [0.25, 0.3) is 0 Å². The summed E-state index contributed by atoms with van der Waals surface area (Å²) in [5, 5.41) is 0. The van der Waals surface area contributed by atoms with Crippen molar-refractivity contribution >= 4 is 9.84 Å². The molecule has 0 aliphatic carbocycles. The Hall–Kier alpha value is -0.0900. The van der Waals surface area contributed by atoms with E-state index in [0.29, 0.717) is 6.61 Å². The average Bonchev–Trinajstić information content (AvgIpc) is 1.62. The van der Waals surface area contributed by atoms with Gasteiger partial charge >= 0.3 is 0 Å². The van der Waals surface area contributed by atoms with Crippen LogP contribution in [0.1, 0.15) is 6.92 Å². The van der Waals surface area contributed by atoms with Gasteiger partial charge in [-0.25, -0.2) is 8.42 Å². The molecule has 0 aromatic carbocycles. The van der Waals surface area contributed by atoms with E-state index in [-0.39, 0.29) is 17.6 Å². The second kappa shape index (κ2) is 2.27. The van der Waals surface area contributed by atoms with E-state index in [4.69, 9.17) is 4.74 Å². The van der Waals surface area contributed by atoms with Crippen LogP contribution < -0.4 is 0 Å². The Morgan fingerprint density at radius 3 is 2.44 bits per heavy atom. The molecule has 0 radical (unpaired) electrons. The van der Waals surface area contributed by atoms with Crippen molar-refractivity contribution < 1.29 is 13.2 Å². The molecular formula is C5H10O3S. The SMILES string of the molecule is CCOC1CS(=O)(=O)C1. The predicted molar refractivity (Wildman–Crippen MR) is 34.1 cm³/mol. The van der Waals surface area contributed by atoms with Crippen LogP contribution in [-0.2, 0) is 14.6 Å². The quantitative estimate of drug-likeness (QED) is 0.548. The molecule has 1 saturated heterocycles. The van der Waals surface area contributed by atoms with E-state index in [9.17, 15) is 8.42 Å². The maximum absolute atomic E-state index is 10.5. The molecule has 0 aromatic heterocycles. The molecule has 1 fully saturated rings. The van der Waals surface area contributed by atoms with Gasteiger partial charge in [-0.1, -0.05) is 0 Å². The minimum atomic E-state index is -2.68. The van der Waals surface area contributed by atoms with Gasteiger partial charge in [-0.3, -0.25) is 0 Å². The molecule has 1 aliphatic heterocycles. The topological polar surface area (TPSA) is 43.4 Å². The average molecular weight is 150 g/mol. The fourth-order valence-corrected chi connectivity index (χ4v) is 2.08. The summed E-state index contributed by atoms with van der Waals surface area (Å²) in [6, 6.07) is 0. The van der Waals surface area contributed by atoms with Crippen molar-refractivity contribution in [3.8, 4) is 0 Å². The highest BCUT2D eigenvalue weighted by Crippen LogP contribution is 2.13. The van der Waals surface area contributed by atoms with Crippen molar-refractivity contribution in [1.82, 2.24) is 0 Å². The second-order valence-electron chi connectivity index (χ2n) is 2.15. The largest absolute Gasteiger partial charge is 0.376 e. The summed E-state index contributed by atoms with van der Waals surface area (Å²) in [6.45, 7) is 2.48. The van der Waals surface area contributed by atoms with Crippen LogP contribution in [0.2, 0.25) is 0 Å². The van der Waals surface area contributed by atoms with Gasteiger partial charge in [0.15, 0.2) is 9.84 Å². The van der Waals surface area contributed by atoms with Crippen molar-refractivity contribution in [2.45, 2.75) is 13.0 Å². The Morgan fingerprint density at radius 1 is 1.56 bits per heavy atom. The highest BCUT2D eigenvalue weighted by atomic mass is 32.2. The lowest BCUT2D eigenvalue weighted by Crippen LogP contribution is -2.43. The number of rotatable bonds is 2. The number of sulfone groups is 1. The van der Waals surface area contributed by atoms with Crippen LogP contribution in [0.5, 0.6) is 0 Å². The Morgan fingerprint density at radius 2 is 2.11 bits per heavy atom. The molecule has 0 unspecified atom stereocenters. The summed E-state index contributed by atoms with van der Waals surface area (Å²) in [7, 11) is -2.68. The first kappa shape index (κ1) is 7.02. The third-order valence-electron chi connectivity index (χ3n) is 1.28. The number of ether oxygens (including phenoxy) is 1. The first-order valence-corrected chi connectivity index (χ1v) is 4.78. The molecule has 1 aliphatic rings. The molecule has 0 atom stereocenters. The first-order valence-electron chi connectivity index (χ1n) is 2.96. The molecule has 0 bridgehead atoms. The molecule has 1 heterocycles. The minimum absolute atomic E-state index is 0.0139. The van der Waals surface area contributed by atoms with Gasteiger partial charge in [-0.15, -0.1) is 0 Å². The molecule has 0 amide bonds. The molecule has 54 valence electrons. The standard InChI is InChI=1S/C5H10O3S/c1-2-8-5-3-9(6,7)4-5/h5H,2-4H2,1H3. The van der Waals surface area contributed by atoms with Gasteiger partial charge in [0.1, 0.15) is 0 Å². The Kier molecular flexibility index (Phi) is 1.77. The lowest BCUT2D eigenvalue weighted by atomic mass is 10.4. The van der Waals surface area contributed by atoms with Gasteiger partial charge in [0.2, 0.25) is 0 Å². The fraction of sp³-hybridized carbons (Fsp3) is 1.00. The van der Waals surface area contributed by atoms with Gasteiger partial charge in [0, 0.05) is 6.61 Å². The van der Waals surface area contributed by atoms with Crippen LogP contribution in [-0.4, -0.2) is 32.6 Å². The molecule has 4 heteroatoms.